The molecule has 0 aromatic heterocycles. The molecule has 6 heteroatoms. The summed E-state index contributed by atoms with van der Waals surface area (Å²) >= 11 is -2.77. The van der Waals surface area contributed by atoms with Crippen LogP contribution >= 0.6 is 0 Å². The molecule has 0 atom stereocenters. The summed E-state index contributed by atoms with van der Waals surface area (Å²) in [5.41, 5.74) is 13.5. The van der Waals surface area contributed by atoms with Crippen LogP contribution in [0.1, 0.15) is 0 Å². The van der Waals surface area contributed by atoms with E-state index < -0.39 is 24.5 Å². The van der Waals surface area contributed by atoms with Crippen LogP contribution in [-0.4, -0.2) is 21.1 Å². The molecule has 0 amide bonds. The van der Waals surface area contributed by atoms with Gasteiger partial charge in [0, 0.05) is 6.42 Å². The minimum atomic E-state index is -2.77. The van der Waals surface area contributed by atoms with Crippen LogP contribution < -0.4 is 17.2 Å². The third-order valence-corrected chi connectivity index (χ3v) is 0.556. The summed E-state index contributed by atoms with van der Waals surface area (Å²) in [7, 11) is 4.50. The summed E-state index contributed by atoms with van der Waals surface area (Å²) in [5.74, 6) is 0. The van der Waals surface area contributed by atoms with Gasteiger partial charge in [-0.3, -0.25) is 0 Å². The van der Waals surface area contributed by atoms with Gasteiger partial charge < -0.3 is 17.2 Å². The Hall–Kier alpha value is 0.103. The van der Waals surface area contributed by atoms with Crippen molar-refractivity contribution in [3.63, 3.8) is 0 Å². The summed E-state index contributed by atoms with van der Waals surface area (Å²) < 4.78 is 19.6. The van der Waals surface area contributed by atoms with Gasteiger partial charge in [0.2, 0.25) is 0 Å². The Morgan fingerprint density at radius 1 is 0.714 bits per heavy atom. The van der Waals surface area contributed by atoms with Gasteiger partial charge in [0.25, 0.3) is 0 Å². The fraction of sp³-hybridized carbons (Fsp3) is 0.375. The van der Waals surface area contributed by atoms with Crippen LogP contribution in [0.25, 0.3) is 0 Å². The van der Waals surface area contributed by atoms with Gasteiger partial charge in [-0.05, 0) is 21.1 Å². The van der Waals surface area contributed by atoms with Gasteiger partial charge in [0.05, 0.1) is 0 Å². The van der Waals surface area contributed by atoms with E-state index in [4.69, 9.17) is 0 Å². The SMILES string of the molecule is CN.CN.CN.[CH]1C=CC=C1.[F][Zr][F]. The zero-order chi connectivity index (χ0) is 12.2. The first-order valence-corrected chi connectivity index (χ1v) is 5.63. The van der Waals surface area contributed by atoms with Crippen LogP contribution in [0.2, 0.25) is 0 Å². The van der Waals surface area contributed by atoms with Crippen LogP contribution in [0, 0.1) is 6.42 Å². The zero-order valence-corrected chi connectivity index (χ0v) is 11.3. The Bertz CT molecular complexity index is 90.6. The summed E-state index contributed by atoms with van der Waals surface area (Å²) in [6.45, 7) is 0. The van der Waals surface area contributed by atoms with Crippen molar-refractivity contribution in [3.8, 4) is 0 Å². The third-order valence-electron chi connectivity index (χ3n) is 0.556. The topological polar surface area (TPSA) is 78.1 Å². The third kappa shape index (κ3) is 57.3. The average Bonchev–Trinajstić information content (AvgIpc) is 2.85. The molecule has 0 aromatic carbocycles. The Kier molecular flexibility index (Phi) is 87.3. The second-order valence-corrected chi connectivity index (χ2v) is 1.38. The van der Waals surface area contributed by atoms with Crippen LogP contribution in [0.15, 0.2) is 24.3 Å². The van der Waals surface area contributed by atoms with Crippen molar-refractivity contribution >= 4 is 0 Å². The number of allylic oxidation sites excluding steroid dienone is 4. The van der Waals surface area contributed by atoms with Crippen molar-refractivity contribution in [2.45, 2.75) is 0 Å². The molecule has 14 heavy (non-hydrogen) atoms. The molecule has 0 fully saturated rings. The van der Waals surface area contributed by atoms with E-state index in [-0.39, 0.29) is 0 Å². The molecule has 0 aromatic rings. The van der Waals surface area contributed by atoms with Crippen molar-refractivity contribution in [2.75, 3.05) is 21.1 Å². The van der Waals surface area contributed by atoms with Gasteiger partial charge in [-0.1, -0.05) is 24.3 Å². The van der Waals surface area contributed by atoms with E-state index in [1.807, 2.05) is 30.7 Å². The Labute approximate surface area is 98.7 Å². The van der Waals surface area contributed by atoms with E-state index in [0.717, 1.165) is 0 Å². The standard InChI is InChI=1S/C5H5.3CH5N.2FH.Zr/c1-2-4-5-3-1;3*1-2;;;/h1-5H;3*2H2,1H3;2*1H;/q;;;;;;+2/p-2. The number of rotatable bonds is 0. The van der Waals surface area contributed by atoms with Gasteiger partial charge >= 0.3 is 29.7 Å². The fourth-order valence-electron chi connectivity index (χ4n) is 0.321. The van der Waals surface area contributed by atoms with Crippen LogP contribution in [0.4, 0.5) is 5.25 Å². The van der Waals surface area contributed by atoms with Crippen LogP contribution in [-0.2, 0) is 24.5 Å². The van der Waals surface area contributed by atoms with E-state index in [2.05, 4.69) is 17.2 Å². The summed E-state index contributed by atoms with van der Waals surface area (Å²) in [5, 5.41) is 0. The predicted molar refractivity (Wildman–Crippen MR) is 55.1 cm³/mol. The maximum absolute atomic E-state index is 9.80. The van der Waals surface area contributed by atoms with Gasteiger partial charge in [-0.2, -0.15) is 0 Å². The van der Waals surface area contributed by atoms with E-state index >= 15 is 0 Å². The molecule has 1 aliphatic rings. The molecular weight excluding hydrogens is 267 g/mol. The van der Waals surface area contributed by atoms with E-state index in [1.165, 1.54) is 21.1 Å². The Morgan fingerprint density at radius 2 is 0.929 bits per heavy atom. The van der Waals surface area contributed by atoms with E-state index in [9.17, 15) is 5.25 Å². The molecule has 0 aliphatic heterocycles. The Morgan fingerprint density at radius 3 is 1.00 bits per heavy atom. The molecule has 0 unspecified atom stereocenters. The monoisotopic (exact) mass is 286 g/mol. The molecule has 1 aliphatic carbocycles. The maximum atomic E-state index is 9.80. The second-order valence-electron chi connectivity index (χ2n) is 1.03. The first-order valence-electron chi connectivity index (χ1n) is 3.78. The molecule has 0 saturated heterocycles. The van der Waals surface area contributed by atoms with Gasteiger partial charge in [-0.25, -0.2) is 0 Å². The average molecular weight is 287 g/mol. The molecule has 0 spiro atoms. The van der Waals surface area contributed by atoms with Crippen molar-refractivity contribution in [1.82, 2.24) is 0 Å². The first-order chi connectivity index (χ1) is 6.91. The summed E-state index contributed by atoms with van der Waals surface area (Å²) in [6.07, 6.45) is 10.0. The molecule has 0 bridgehead atoms. The number of hydrogen-bond acceptors (Lipinski definition) is 3. The van der Waals surface area contributed by atoms with Crippen LogP contribution in [0.5, 0.6) is 0 Å². The molecule has 3 nitrogen and oxygen atoms in total. The van der Waals surface area contributed by atoms with E-state index in [0.29, 0.717) is 0 Å². The summed E-state index contributed by atoms with van der Waals surface area (Å²) in [4.78, 5) is 0. The quantitative estimate of drug-likeness (QED) is 0.619. The van der Waals surface area contributed by atoms with Crippen molar-refractivity contribution in [1.29, 1.82) is 0 Å². The summed E-state index contributed by atoms with van der Waals surface area (Å²) in [6, 6.07) is 0. The van der Waals surface area contributed by atoms with E-state index in [1.54, 1.807) is 0 Å². The molecule has 1 radical (unpaired) electrons. The normalized spacial score (nSPS) is 8.57. The first kappa shape index (κ1) is 23.7. The number of halogens is 2. The fourth-order valence-corrected chi connectivity index (χ4v) is 0.321. The molecule has 6 N–H and O–H groups in total. The van der Waals surface area contributed by atoms with Gasteiger partial charge in [0.1, 0.15) is 0 Å². The van der Waals surface area contributed by atoms with Crippen LogP contribution in [0.3, 0.4) is 0 Å². The molecule has 1 rings (SSSR count). The Balaban J connectivity index is -0.0000000494. The van der Waals surface area contributed by atoms with Gasteiger partial charge in [-0.15, -0.1) is 0 Å². The molecule has 0 heterocycles. The molecular formula is C8H20F2N3Zr. The van der Waals surface area contributed by atoms with Crippen molar-refractivity contribution in [3.05, 3.63) is 30.7 Å². The minimum absolute atomic E-state index is 1.50. The predicted octanol–water partition coefficient (Wildman–Crippen LogP) is 0.879. The van der Waals surface area contributed by atoms with Crippen molar-refractivity contribution < 1.29 is 29.7 Å². The molecule has 0 saturated carbocycles. The number of nitrogens with two attached hydrogens (primary N) is 3. The van der Waals surface area contributed by atoms with Gasteiger partial charge in [0.15, 0.2) is 0 Å². The zero-order valence-electron chi connectivity index (χ0n) is 8.87. The second kappa shape index (κ2) is 51.5. The molecule has 85 valence electrons. The van der Waals surface area contributed by atoms with Crippen molar-refractivity contribution in [2.24, 2.45) is 17.2 Å². The number of hydrogen-bond donors (Lipinski definition) is 3.